The largest absolute Gasteiger partial charge is 0.477 e. The maximum Gasteiger partial charge on any atom is 0.352 e. The van der Waals surface area contributed by atoms with Crippen LogP contribution in [-0.2, 0) is 12.8 Å². The molecule has 1 unspecified atom stereocenters. The van der Waals surface area contributed by atoms with Gasteiger partial charge in [0, 0.05) is 5.69 Å². The summed E-state index contributed by atoms with van der Waals surface area (Å²) in [5, 5.41) is 9.07. The molecule has 110 valence electrons. The van der Waals surface area contributed by atoms with Crippen LogP contribution in [0.3, 0.4) is 0 Å². The fraction of sp³-hybridized carbons (Fsp3) is 0.389. The Labute approximate surface area is 125 Å². The van der Waals surface area contributed by atoms with Crippen LogP contribution in [0.2, 0.25) is 0 Å². The third-order valence-electron chi connectivity index (χ3n) is 4.48. The van der Waals surface area contributed by atoms with E-state index in [1.165, 1.54) is 16.7 Å². The van der Waals surface area contributed by atoms with E-state index in [4.69, 9.17) is 5.11 Å². The minimum atomic E-state index is -0.871. The van der Waals surface area contributed by atoms with Crippen LogP contribution >= 0.6 is 0 Å². The molecule has 1 heterocycles. The smallest absolute Gasteiger partial charge is 0.352 e. The average molecular weight is 283 g/mol. The van der Waals surface area contributed by atoms with Gasteiger partial charge in [-0.05, 0) is 53.9 Å². The standard InChI is InChI=1S/C18H21NO2/c1-11(2)13-5-3-12(4-6-13)9-14-7-8-16-15(14)10-17(19-16)18(20)21/h3-6,10-11,14,19H,7-9H2,1-2H3,(H,20,21). The maximum atomic E-state index is 11.0. The zero-order valence-electron chi connectivity index (χ0n) is 12.5. The molecule has 1 aromatic carbocycles. The van der Waals surface area contributed by atoms with Crippen LogP contribution in [0.15, 0.2) is 30.3 Å². The summed E-state index contributed by atoms with van der Waals surface area (Å²) in [5.74, 6) is 0.124. The number of aromatic nitrogens is 1. The van der Waals surface area contributed by atoms with Crippen molar-refractivity contribution >= 4 is 5.97 Å². The maximum absolute atomic E-state index is 11.0. The van der Waals surface area contributed by atoms with E-state index in [0.717, 1.165) is 25.0 Å². The van der Waals surface area contributed by atoms with Gasteiger partial charge in [0.05, 0.1) is 0 Å². The number of aryl methyl sites for hydroxylation is 1. The Balaban J connectivity index is 1.77. The lowest BCUT2D eigenvalue weighted by Crippen LogP contribution is -2.00. The van der Waals surface area contributed by atoms with Crippen LogP contribution in [0.1, 0.15) is 65.0 Å². The van der Waals surface area contributed by atoms with Crippen LogP contribution in [0.4, 0.5) is 0 Å². The Kier molecular flexibility index (Phi) is 3.58. The number of carbonyl (C=O) groups is 1. The van der Waals surface area contributed by atoms with Crippen LogP contribution in [0.5, 0.6) is 0 Å². The highest BCUT2D eigenvalue weighted by molar-refractivity contribution is 5.86. The van der Waals surface area contributed by atoms with Crippen molar-refractivity contribution in [2.45, 2.75) is 44.9 Å². The number of benzene rings is 1. The van der Waals surface area contributed by atoms with Crippen molar-refractivity contribution in [3.05, 3.63) is 58.4 Å². The molecule has 3 nitrogen and oxygen atoms in total. The fourth-order valence-corrected chi connectivity index (χ4v) is 3.21. The molecule has 0 saturated heterocycles. The Morgan fingerprint density at radius 1 is 1.33 bits per heavy atom. The van der Waals surface area contributed by atoms with Crippen LogP contribution in [0, 0.1) is 0 Å². The molecule has 2 N–H and O–H groups in total. The number of aromatic carboxylic acids is 1. The third-order valence-corrected chi connectivity index (χ3v) is 4.48. The van der Waals surface area contributed by atoms with Gasteiger partial charge >= 0.3 is 5.97 Å². The number of aromatic amines is 1. The van der Waals surface area contributed by atoms with Gasteiger partial charge in [0.2, 0.25) is 0 Å². The van der Waals surface area contributed by atoms with Crippen LogP contribution in [-0.4, -0.2) is 16.1 Å². The van der Waals surface area contributed by atoms with Gasteiger partial charge in [0.15, 0.2) is 0 Å². The second-order valence-electron chi connectivity index (χ2n) is 6.26. The zero-order chi connectivity index (χ0) is 15.0. The molecule has 2 aromatic rings. The first-order valence-electron chi connectivity index (χ1n) is 7.58. The molecular weight excluding hydrogens is 262 g/mol. The predicted molar refractivity (Wildman–Crippen MR) is 83.0 cm³/mol. The lowest BCUT2D eigenvalue weighted by molar-refractivity contribution is 0.0691. The molecule has 3 heteroatoms. The molecular formula is C18H21NO2. The summed E-state index contributed by atoms with van der Waals surface area (Å²) >= 11 is 0. The van der Waals surface area contributed by atoms with Crippen LogP contribution < -0.4 is 0 Å². The second-order valence-corrected chi connectivity index (χ2v) is 6.26. The zero-order valence-corrected chi connectivity index (χ0v) is 12.5. The Morgan fingerprint density at radius 2 is 2.05 bits per heavy atom. The normalized spacial score (nSPS) is 17.2. The number of hydrogen-bond donors (Lipinski definition) is 2. The topological polar surface area (TPSA) is 53.1 Å². The number of rotatable bonds is 4. The second kappa shape index (κ2) is 5.40. The summed E-state index contributed by atoms with van der Waals surface area (Å²) in [7, 11) is 0. The van der Waals surface area contributed by atoms with E-state index in [1.807, 2.05) is 6.07 Å². The summed E-state index contributed by atoms with van der Waals surface area (Å²) in [6, 6.07) is 10.6. The van der Waals surface area contributed by atoms with Gasteiger partial charge in [-0.1, -0.05) is 38.1 Å². The van der Waals surface area contributed by atoms with Crippen molar-refractivity contribution in [2.24, 2.45) is 0 Å². The van der Waals surface area contributed by atoms with Gasteiger partial charge in [0.1, 0.15) is 5.69 Å². The minimum absolute atomic E-state index is 0.319. The lowest BCUT2D eigenvalue weighted by atomic mass is 9.93. The molecule has 3 rings (SSSR count). The molecule has 1 aromatic heterocycles. The van der Waals surface area contributed by atoms with Gasteiger partial charge in [-0.25, -0.2) is 4.79 Å². The van der Waals surface area contributed by atoms with E-state index in [0.29, 0.717) is 17.5 Å². The first kappa shape index (κ1) is 13.9. The van der Waals surface area contributed by atoms with Crippen molar-refractivity contribution in [1.29, 1.82) is 0 Å². The predicted octanol–water partition coefficient (Wildman–Crippen LogP) is 4.11. The quantitative estimate of drug-likeness (QED) is 0.887. The Bertz CT molecular complexity index is 652. The summed E-state index contributed by atoms with van der Waals surface area (Å²) in [6.07, 6.45) is 3.05. The number of hydrogen-bond acceptors (Lipinski definition) is 1. The Hall–Kier alpha value is -2.03. The van der Waals surface area contributed by atoms with E-state index in [1.54, 1.807) is 0 Å². The first-order valence-corrected chi connectivity index (χ1v) is 7.58. The van der Waals surface area contributed by atoms with E-state index in [9.17, 15) is 4.79 Å². The third kappa shape index (κ3) is 2.73. The number of nitrogens with one attached hydrogen (secondary N) is 1. The number of carboxylic acids is 1. The Morgan fingerprint density at radius 3 is 2.67 bits per heavy atom. The van der Waals surface area contributed by atoms with E-state index in [2.05, 4.69) is 43.1 Å². The summed E-state index contributed by atoms with van der Waals surface area (Å²) in [4.78, 5) is 14.1. The molecule has 0 spiro atoms. The van der Waals surface area contributed by atoms with E-state index >= 15 is 0 Å². The van der Waals surface area contributed by atoms with Crippen molar-refractivity contribution < 1.29 is 9.90 Å². The molecule has 0 radical (unpaired) electrons. The SMILES string of the molecule is CC(C)c1ccc(CC2CCc3[nH]c(C(=O)O)cc32)cc1. The van der Waals surface area contributed by atoms with Gasteiger partial charge in [-0.2, -0.15) is 0 Å². The summed E-state index contributed by atoms with van der Waals surface area (Å²) in [5.41, 5.74) is 5.31. The average Bonchev–Trinajstić information content (AvgIpc) is 3.01. The number of fused-ring (bicyclic) bond motifs is 1. The molecule has 1 atom stereocenters. The van der Waals surface area contributed by atoms with Crippen molar-refractivity contribution in [3.63, 3.8) is 0 Å². The monoisotopic (exact) mass is 283 g/mol. The highest BCUT2D eigenvalue weighted by Crippen LogP contribution is 2.36. The molecule has 1 aliphatic rings. The number of carboxylic acid groups (broad SMARTS) is 1. The first-order chi connectivity index (χ1) is 10.0. The molecule has 1 aliphatic carbocycles. The van der Waals surface area contributed by atoms with Crippen LogP contribution in [0.25, 0.3) is 0 Å². The highest BCUT2D eigenvalue weighted by atomic mass is 16.4. The highest BCUT2D eigenvalue weighted by Gasteiger charge is 2.26. The molecule has 0 fully saturated rings. The fourth-order valence-electron chi connectivity index (χ4n) is 3.21. The molecule has 0 bridgehead atoms. The van der Waals surface area contributed by atoms with Gasteiger partial charge < -0.3 is 10.1 Å². The summed E-state index contributed by atoms with van der Waals surface area (Å²) in [6.45, 7) is 4.40. The number of H-pyrrole nitrogens is 1. The van der Waals surface area contributed by atoms with E-state index in [-0.39, 0.29) is 0 Å². The lowest BCUT2D eigenvalue weighted by Gasteiger charge is -2.11. The molecule has 21 heavy (non-hydrogen) atoms. The van der Waals surface area contributed by atoms with Gasteiger partial charge in [-0.3, -0.25) is 0 Å². The van der Waals surface area contributed by atoms with Crippen molar-refractivity contribution in [3.8, 4) is 0 Å². The van der Waals surface area contributed by atoms with Gasteiger partial charge in [-0.15, -0.1) is 0 Å². The van der Waals surface area contributed by atoms with E-state index < -0.39 is 5.97 Å². The summed E-state index contributed by atoms with van der Waals surface area (Å²) < 4.78 is 0. The molecule has 0 amide bonds. The van der Waals surface area contributed by atoms with Crippen molar-refractivity contribution in [1.82, 2.24) is 4.98 Å². The van der Waals surface area contributed by atoms with Crippen molar-refractivity contribution in [2.75, 3.05) is 0 Å². The molecule has 0 saturated carbocycles. The van der Waals surface area contributed by atoms with Gasteiger partial charge in [0.25, 0.3) is 0 Å². The molecule has 0 aliphatic heterocycles. The minimum Gasteiger partial charge on any atom is -0.477 e.